The molecule has 0 radical (unpaired) electrons. The Balaban J connectivity index is 2.08. The van der Waals surface area contributed by atoms with Gasteiger partial charge in [0.15, 0.2) is 0 Å². The van der Waals surface area contributed by atoms with Gasteiger partial charge < -0.3 is 20.0 Å². The van der Waals surface area contributed by atoms with Crippen LogP contribution in [0, 0.1) is 0 Å². The lowest BCUT2D eigenvalue weighted by Gasteiger charge is -2.37. The van der Waals surface area contributed by atoms with E-state index in [-0.39, 0.29) is 25.0 Å². The van der Waals surface area contributed by atoms with E-state index in [2.05, 4.69) is 0 Å². The fourth-order valence-electron chi connectivity index (χ4n) is 3.37. The summed E-state index contributed by atoms with van der Waals surface area (Å²) in [6, 6.07) is -0.910. The van der Waals surface area contributed by atoms with Crippen LogP contribution >= 0.6 is 0 Å². The second-order valence-corrected chi connectivity index (χ2v) is 5.76. The van der Waals surface area contributed by atoms with Gasteiger partial charge in [0, 0.05) is 25.6 Å². The molecule has 20 heavy (non-hydrogen) atoms. The Hall–Kier alpha value is -1.30. The fourth-order valence-corrected chi connectivity index (χ4v) is 3.37. The number of amides is 2. The number of rotatable bonds is 3. The Bertz CT molecular complexity index is 368. The first-order valence-electron chi connectivity index (χ1n) is 7.52. The molecule has 2 rings (SSSR count). The molecule has 1 saturated heterocycles. The van der Waals surface area contributed by atoms with Crippen molar-refractivity contribution in [3.63, 3.8) is 0 Å². The number of carbonyl (C=O) groups excluding carboxylic acids is 1. The summed E-state index contributed by atoms with van der Waals surface area (Å²) in [4.78, 5) is 26.9. The van der Waals surface area contributed by atoms with Gasteiger partial charge in [-0.15, -0.1) is 0 Å². The number of aliphatic hydroxyl groups excluding tert-OH is 1. The smallest absolute Gasteiger partial charge is 0.326 e. The molecule has 114 valence electrons. The molecule has 1 saturated carbocycles. The number of likely N-dealkylation sites (tertiary alicyclic amines) is 1. The van der Waals surface area contributed by atoms with Gasteiger partial charge in [0.1, 0.15) is 6.04 Å². The zero-order valence-electron chi connectivity index (χ0n) is 12.0. The summed E-state index contributed by atoms with van der Waals surface area (Å²) in [6.07, 6.45) is 4.84. The molecule has 2 aliphatic rings. The normalized spacial score (nSPS) is 27.6. The highest BCUT2D eigenvalue weighted by atomic mass is 16.4. The van der Waals surface area contributed by atoms with Crippen molar-refractivity contribution in [2.75, 3.05) is 13.1 Å². The van der Waals surface area contributed by atoms with Crippen molar-refractivity contribution < 1.29 is 19.8 Å². The molecule has 2 amide bonds. The number of urea groups is 1. The summed E-state index contributed by atoms with van der Waals surface area (Å²) >= 11 is 0. The van der Waals surface area contributed by atoms with Crippen LogP contribution < -0.4 is 0 Å². The van der Waals surface area contributed by atoms with Crippen LogP contribution in [0.15, 0.2) is 0 Å². The molecule has 1 heterocycles. The molecule has 0 aromatic rings. The quantitative estimate of drug-likeness (QED) is 0.818. The Labute approximate surface area is 119 Å². The lowest BCUT2D eigenvalue weighted by atomic mass is 9.94. The van der Waals surface area contributed by atoms with E-state index in [9.17, 15) is 19.8 Å². The molecule has 0 unspecified atom stereocenters. The van der Waals surface area contributed by atoms with Gasteiger partial charge in [-0.05, 0) is 19.8 Å². The van der Waals surface area contributed by atoms with E-state index in [1.165, 1.54) is 11.3 Å². The van der Waals surface area contributed by atoms with E-state index in [1.807, 2.05) is 6.92 Å². The highest BCUT2D eigenvalue weighted by Crippen LogP contribution is 2.26. The zero-order valence-corrected chi connectivity index (χ0v) is 12.0. The van der Waals surface area contributed by atoms with E-state index >= 15 is 0 Å². The maximum atomic E-state index is 12.6. The predicted octanol–water partition coefficient (Wildman–Crippen LogP) is 1.28. The van der Waals surface area contributed by atoms with Crippen molar-refractivity contribution in [1.29, 1.82) is 0 Å². The second kappa shape index (κ2) is 6.43. The standard InChI is InChI=1S/C14H24N2O4/c1-2-15(10-6-4-3-5-7-10)14(20)16-9-11(17)8-12(16)13(18)19/h10-12,17H,2-9H2,1H3,(H,18,19)/t11-,12+/m1/s1. The summed E-state index contributed by atoms with van der Waals surface area (Å²) in [5.74, 6) is -1.03. The summed E-state index contributed by atoms with van der Waals surface area (Å²) in [5, 5.41) is 18.8. The van der Waals surface area contributed by atoms with Gasteiger partial charge in [0.2, 0.25) is 0 Å². The average molecular weight is 284 g/mol. The molecule has 1 aliphatic heterocycles. The molecule has 0 aromatic heterocycles. The molecular formula is C14H24N2O4. The topological polar surface area (TPSA) is 81.1 Å². The average Bonchev–Trinajstić information content (AvgIpc) is 2.83. The third kappa shape index (κ3) is 3.06. The van der Waals surface area contributed by atoms with Gasteiger partial charge in [-0.25, -0.2) is 9.59 Å². The highest BCUT2D eigenvalue weighted by molar-refractivity contribution is 5.83. The van der Waals surface area contributed by atoms with E-state index in [4.69, 9.17) is 0 Å². The molecule has 1 aliphatic carbocycles. The van der Waals surface area contributed by atoms with Crippen LogP contribution in [0.5, 0.6) is 0 Å². The van der Waals surface area contributed by atoms with Gasteiger partial charge >= 0.3 is 12.0 Å². The van der Waals surface area contributed by atoms with Gasteiger partial charge in [0.25, 0.3) is 0 Å². The van der Waals surface area contributed by atoms with Crippen LogP contribution in [-0.2, 0) is 4.79 Å². The molecule has 0 bridgehead atoms. The largest absolute Gasteiger partial charge is 0.480 e. The number of carboxylic acids is 1. The SMILES string of the molecule is CCN(C(=O)N1C[C@H](O)C[C@H]1C(=O)O)C1CCCCC1. The lowest BCUT2D eigenvalue weighted by molar-refractivity contribution is -0.141. The minimum Gasteiger partial charge on any atom is -0.480 e. The van der Waals surface area contributed by atoms with Crippen molar-refractivity contribution >= 4 is 12.0 Å². The van der Waals surface area contributed by atoms with Crippen LogP contribution in [0.2, 0.25) is 0 Å². The number of aliphatic hydroxyl groups is 1. The number of carboxylic acid groups (broad SMARTS) is 1. The van der Waals surface area contributed by atoms with Crippen LogP contribution in [0.25, 0.3) is 0 Å². The molecule has 2 fully saturated rings. The fraction of sp³-hybridized carbons (Fsp3) is 0.857. The Morgan fingerprint density at radius 2 is 1.90 bits per heavy atom. The van der Waals surface area contributed by atoms with Gasteiger partial charge in [-0.2, -0.15) is 0 Å². The summed E-state index contributed by atoms with van der Waals surface area (Å²) in [7, 11) is 0. The van der Waals surface area contributed by atoms with Crippen molar-refractivity contribution in [3.8, 4) is 0 Å². The lowest BCUT2D eigenvalue weighted by Crippen LogP contribution is -2.52. The van der Waals surface area contributed by atoms with Crippen LogP contribution in [0.4, 0.5) is 4.79 Å². The van der Waals surface area contributed by atoms with E-state index in [1.54, 1.807) is 4.90 Å². The van der Waals surface area contributed by atoms with Gasteiger partial charge in [-0.3, -0.25) is 0 Å². The Morgan fingerprint density at radius 3 is 2.45 bits per heavy atom. The van der Waals surface area contributed by atoms with E-state index in [0.29, 0.717) is 6.54 Å². The summed E-state index contributed by atoms with van der Waals surface area (Å²) in [6.45, 7) is 2.64. The summed E-state index contributed by atoms with van der Waals surface area (Å²) < 4.78 is 0. The number of carbonyl (C=O) groups is 2. The number of hydrogen-bond acceptors (Lipinski definition) is 3. The number of β-amino-alcohol motifs (C(OH)–C–C–N with tert-alkyl or cyclic N) is 1. The van der Waals surface area contributed by atoms with Crippen molar-refractivity contribution in [2.24, 2.45) is 0 Å². The van der Waals surface area contributed by atoms with Gasteiger partial charge in [0.05, 0.1) is 6.10 Å². The monoisotopic (exact) mass is 284 g/mol. The molecule has 2 N–H and O–H groups in total. The molecule has 0 aromatic carbocycles. The first kappa shape index (κ1) is 15.1. The number of hydrogen-bond donors (Lipinski definition) is 2. The summed E-state index contributed by atoms with van der Waals surface area (Å²) in [5.41, 5.74) is 0. The predicted molar refractivity (Wildman–Crippen MR) is 73.4 cm³/mol. The zero-order chi connectivity index (χ0) is 14.7. The van der Waals surface area contributed by atoms with Crippen LogP contribution in [0.1, 0.15) is 45.4 Å². The maximum absolute atomic E-state index is 12.6. The molecule has 0 spiro atoms. The minimum absolute atomic E-state index is 0.124. The molecular weight excluding hydrogens is 260 g/mol. The van der Waals surface area contributed by atoms with Crippen LogP contribution in [-0.4, -0.2) is 63.3 Å². The third-order valence-corrected chi connectivity index (χ3v) is 4.41. The number of nitrogens with zero attached hydrogens (tertiary/aromatic N) is 2. The van der Waals surface area contributed by atoms with Crippen LogP contribution in [0.3, 0.4) is 0 Å². The first-order chi connectivity index (χ1) is 9.54. The van der Waals surface area contributed by atoms with Crippen molar-refractivity contribution in [1.82, 2.24) is 9.80 Å². The second-order valence-electron chi connectivity index (χ2n) is 5.76. The maximum Gasteiger partial charge on any atom is 0.326 e. The van der Waals surface area contributed by atoms with E-state index < -0.39 is 18.1 Å². The first-order valence-corrected chi connectivity index (χ1v) is 7.52. The van der Waals surface area contributed by atoms with Gasteiger partial charge in [-0.1, -0.05) is 19.3 Å². The molecule has 6 nitrogen and oxygen atoms in total. The number of aliphatic carboxylic acids is 1. The third-order valence-electron chi connectivity index (χ3n) is 4.41. The molecule has 6 heteroatoms. The Morgan fingerprint density at radius 1 is 1.25 bits per heavy atom. The molecule has 2 atom stereocenters. The van der Waals surface area contributed by atoms with E-state index in [0.717, 1.165) is 25.7 Å². The van der Waals surface area contributed by atoms with Crippen molar-refractivity contribution in [2.45, 2.75) is 63.6 Å². The van der Waals surface area contributed by atoms with Crippen molar-refractivity contribution in [3.05, 3.63) is 0 Å². The minimum atomic E-state index is -1.03. The Kier molecular flexibility index (Phi) is 4.86. The highest BCUT2D eigenvalue weighted by Gasteiger charge is 2.41.